The van der Waals surface area contributed by atoms with Crippen molar-refractivity contribution in [3.63, 3.8) is 0 Å². The first-order chi connectivity index (χ1) is 11.7. The van der Waals surface area contributed by atoms with Gasteiger partial charge >= 0.3 is 0 Å². The maximum Gasteiger partial charge on any atom is 0.267 e. The van der Waals surface area contributed by atoms with Crippen LogP contribution in [0.1, 0.15) is 36.2 Å². The quantitative estimate of drug-likeness (QED) is 0.835. The van der Waals surface area contributed by atoms with Crippen molar-refractivity contribution in [2.24, 2.45) is 0 Å². The summed E-state index contributed by atoms with van der Waals surface area (Å²) in [7, 11) is 0. The lowest BCUT2D eigenvalue weighted by molar-refractivity contribution is -0.189. The van der Waals surface area contributed by atoms with Gasteiger partial charge in [0.1, 0.15) is 10.8 Å². The second kappa shape index (κ2) is 6.70. The number of halogens is 1. The van der Waals surface area contributed by atoms with Crippen LogP contribution in [0, 0.1) is 0 Å². The third-order valence-electron chi connectivity index (χ3n) is 4.71. The molecule has 1 aliphatic heterocycles. The molecule has 3 unspecified atom stereocenters. The monoisotopic (exact) mass is 349 g/mol. The van der Waals surface area contributed by atoms with E-state index < -0.39 is 0 Å². The molecule has 0 aromatic carbocycles. The molecular weight excluding hydrogens is 330 g/mol. The summed E-state index contributed by atoms with van der Waals surface area (Å²) in [6, 6.07) is 3.50. The van der Waals surface area contributed by atoms with Crippen molar-refractivity contribution in [2.75, 3.05) is 13.2 Å². The van der Waals surface area contributed by atoms with Crippen LogP contribution in [-0.2, 0) is 9.47 Å². The lowest BCUT2D eigenvalue weighted by Crippen LogP contribution is -2.49. The predicted molar refractivity (Wildman–Crippen MR) is 90.3 cm³/mol. The van der Waals surface area contributed by atoms with Crippen LogP contribution in [-0.4, -0.2) is 47.3 Å². The Morgan fingerprint density at radius 3 is 3.04 bits per heavy atom. The molecule has 2 N–H and O–H groups in total. The van der Waals surface area contributed by atoms with E-state index in [0.717, 1.165) is 23.7 Å². The van der Waals surface area contributed by atoms with E-state index in [1.165, 1.54) is 12.8 Å². The number of rotatable bonds is 3. The van der Waals surface area contributed by atoms with E-state index in [9.17, 15) is 4.79 Å². The molecule has 2 fully saturated rings. The number of hydrogen-bond acceptors (Lipinski definition) is 4. The van der Waals surface area contributed by atoms with Crippen LogP contribution in [0.4, 0.5) is 0 Å². The normalized spacial score (nSPS) is 27.0. The molecule has 1 saturated heterocycles. The molecule has 0 bridgehead atoms. The highest BCUT2D eigenvalue weighted by molar-refractivity contribution is 6.30. The van der Waals surface area contributed by atoms with Crippen LogP contribution in [0.5, 0.6) is 0 Å². The average Bonchev–Trinajstić information content (AvgIpc) is 3.02. The molecule has 2 aliphatic rings. The molecular formula is C17H20ClN3O3. The van der Waals surface area contributed by atoms with Gasteiger partial charge in [-0.05, 0) is 25.0 Å². The molecule has 7 heteroatoms. The van der Waals surface area contributed by atoms with Gasteiger partial charge in [-0.1, -0.05) is 24.4 Å². The van der Waals surface area contributed by atoms with Crippen molar-refractivity contribution in [3.05, 3.63) is 29.2 Å². The maximum absolute atomic E-state index is 12.3. The number of hydrogen-bond donors (Lipinski definition) is 2. The lowest BCUT2D eigenvalue weighted by atomic mass is 9.93. The summed E-state index contributed by atoms with van der Waals surface area (Å²) in [5.74, 6) is -0.170. The molecule has 24 heavy (non-hydrogen) atoms. The van der Waals surface area contributed by atoms with E-state index in [0.29, 0.717) is 24.0 Å². The first-order valence-electron chi connectivity index (χ1n) is 8.38. The van der Waals surface area contributed by atoms with Gasteiger partial charge in [0.05, 0.1) is 36.6 Å². The third kappa shape index (κ3) is 3.27. The molecule has 3 atom stereocenters. The number of carbonyl (C=O) groups excluding carboxylic acids is 1. The first kappa shape index (κ1) is 15.9. The summed E-state index contributed by atoms with van der Waals surface area (Å²) >= 11 is 5.87. The van der Waals surface area contributed by atoms with Gasteiger partial charge in [-0.15, -0.1) is 0 Å². The van der Waals surface area contributed by atoms with Gasteiger partial charge in [0, 0.05) is 11.9 Å². The number of carbonyl (C=O) groups is 1. The molecule has 1 saturated carbocycles. The number of nitrogens with one attached hydrogen (secondary N) is 2. The molecule has 4 rings (SSSR count). The Balaban J connectivity index is 1.35. The summed E-state index contributed by atoms with van der Waals surface area (Å²) in [5.41, 5.74) is 1.27. The number of nitrogens with zero attached hydrogens (tertiary/aromatic N) is 1. The Labute approximate surface area is 144 Å². The van der Waals surface area contributed by atoms with Crippen LogP contribution < -0.4 is 5.32 Å². The molecule has 3 heterocycles. The Bertz CT molecular complexity index is 748. The zero-order valence-corrected chi connectivity index (χ0v) is 14.0. The number of aromatic amines is 1. The third-order valence-corrected chi connectivity index (χ3v) is 4.92. The summed E-state index contributed by atoms with van der Waals surface area (Å²) in [6.07, 6.45) is 6.47. The van der Waals surface area contributed by atoms with Crippen LogP contribution in [0.3, 0.4) is 0 Å². The highest BCUT2D eigenvalue weighted by atomic mass is 35.5. The number of fused-ring (bicyclic) bond motifs is 2. The summed E-state index contributed by atoms with van der Waals surface area (Å²) in [4.78, 5) is 19.4. The second-order valence-corrected chi connectivity index (χ2v) is 6.83. The molecule has 1 aliphatic carbocycles. The molecule has 2 aromatic rings. The number of H-pyrrole nitrogens is 1. The molecule has 2 aromatic heterocycles. The van der Waals surface area contributed by atoms with Crippen molar-refractivity contribution in [3.8, 4) is 0 Å². The minimum Gasteiger partial charge on any atom is -0.373 e. The van der Waals surface area contributed by atoms with E-state index in [1.54, 1.807) is 18.3 Å². The van der Waals surface area contributed by atoms with Crippen molar-refractivity contribution < 1.29 is 14.3 Å². The van der Waals surface area contributed by atoms with E-state index in [2.05, 4.69) is 15.3 Å². The standard InChI is InChI=1S/C17H20ClN3O3/c18-16-6-10-5-12(21-13(10)8-19-16)17(22)20-7-11-9-23-14-3-1-2-4-15(14)24-11/h5-6,8,11,14-15,21H,1-4,7,9H2,(H,20,22). The van der Waals surface area contributed by atoms with Gasteiger partial charge < -0.3 is 19.8 Å². The fourth-order valence-electron chi connectivity index (χ4n) is 3.46. The predicted octanol–water partition coefficient (Wildman–Crippen LogP) is 2.67. The minimum absolute atomic E-state index is 0.0891. The Morgan fingerprint density at radius 1 is 1.33 bits per heavy atom. The van der Waals surface area contributed by atoms with Gasteiger partial charge in [-0.25, -0.2) is 4.98 Å². The van der Waals surface area contributed by atoms with Gasteiger partial charge in [-0.2, -0.15) is 0 Å². The molecule has 0 radical (unpaired) electrons. The van der Waals surface area contributed by atoms with Gasteiger partial charge in [0.2, 0.25) is 0 Å². The molecule has 1 amide bonds. The van der Waals surface area contributed by atoms with Crippen LogP contribution in [0.2, 0.25) is 5.15 Å². The van der Waals surface area contributed by atoms with Crippen molar-refractivity contribution in [2.45, 2.75) is 44.0 Å². The smallest absolute Gasteiger partial charge is 0.267 e. The second-order valence-electron chi connectivity index (χ2n) is 6.44. The lowest BCUT2D eigenvalue weighted by Gasteiger charge is -2.39. The first-order valence-corrected chi connectivity index (χ1v) is 8.76. The zero-order valence-electron chi connectivity index (χ0n) is 13.3. The highest BCUT2D eigenvalue weighted by Gasteiger charge is 2.33. The Hall–Kier alpha value is -1.63. The van der Waals surface area contributed by atoms with Crippen molar-refractivity contribution in [1.82, 2.24) is 15.3 Å². The molecule has 0 spiro atoms. The summed E-state index contributed by atoms with van der Waals surface area (Å²) in [5, 5.41) is 4.18. The van der Waals surface area contributed by atoms with Crippen molar-refractivity contribution in [1.29, 1.82) is 0 Å². The average molecular weight is 350 g/mol. The molecule has 128 valence electrons. The van der Waals surface area contributed by atoms with Crippen LogP contribution >= 0.6 is 11.6 Å². The number of aromatic nitrogens is 2. The molecule has 6 nitrogen and oxygen atoms in total. The van der Waals surface area contributed by atoms with E-state index in [4.69, 9.17) is 21.1 Å². The number of ether oxygens (including phenoxy) is 2. The number of pyridine rings is 1. The van der Waals surface area contributed by atoms with Crippen LogP contribution in [0.25, 0.3) is 10.9 Å². The van der Waals surface area contributed by atoms with Crippen LogP contribution in [0.15, 0.2) is 18.3 Å². The summed E-state index contributed by atoms with van der Waals surface area (Å²) in [6.45, 7) is 0.976. The van der Waals surface area contributed by atoms with Gasteiger partial charge in [0.15, 0.2) is 0 Å². The van der Waals surface area contributed by atoms with Crippen molar-refractivity contribution >= 4 is 28.4 Å². The fraction of sp³-hybridized carbons (Fsp3) is 0.529. The highest BCUT2D eigenvalue weighted by Crippen LogP contribution is 2.28. The zero-order chi connectivity index (χ0) is 16.5. The largest absolute Gasteiger partial charge is 0.373 e. The van der Waals surface area contributed by atoms with E-state index >= 15 is 0 Å². The van der Waals surface area contributed by atoms with Gasteiger partial charge in [0.25, 0.3) is 5.91 Å². The number of amides is 1. The fourth-order valence-corrected chi connectivity index (χ4v) is 3.63. The minimum atomic E-state index is -0.170. The SMILES string of the molecule is O=C(NCC1COC2CCCCC2O1)c1cc2cc(Cl)ncc2[nH]1. The topological polar surface area (TPSA) is 76.2 Å². The summed E-state index contributed by atoms with van der Waals surface area (Å²) < 4.78 is 12.0. The Kier molecular flexibility index (Phi) is 4.43. The Morgan fingerprint density at radius 2 is 2.17 bits per heavy atom. The van der Waals surface area contributed by atoms with Gasteiger partial charge in [-0.3, -0.25) is 4.79 Å². The van der Waals surface area contributed by atoms with E-state index in [-0.39, 0.29) is 24.2 Å². The maximum atomic E-state index is 12.3. The van der Waals surface area contributed by atoms with E-state index in [1.807, 2.05) is 0 Å².